The third-order valence-electron chi connectivity index (χ3n) is 4.86. The molecule has 0 saturated carbocycles. The molecule has 6 nitrogen and oxygen atoms in total. The minimum absolute atomic E-state index is 0.371. The van der Waals surface area contributed by atoms with Gasteiger partial charge in [-0.15, -0.1) is 5.10 Å². The molecule has 0 amide bonds. The third kappa shape index (κ3) is 3.35. The molecule has 27 heavy (non-hydrogen) atoms. The molecule has 2 aromatic carbocycles. The summed E-state index contributed by atoms with van der Waals surface area (Å²) in [6.45, 7) is 0.675. The second kappa shape index (κ2) is 7.15. The lowest BCUT2D eigenvalue weighted by Gasteiger charge is -2.17. The molecule has 0 radical (unpaired) electrons. The van der Waals surface area contributed by atoms with Gasteiger partial charge in [0.05, 0.1) is 17.3 Å². The molecule has 1 unspecified atom stereocenters. The van der Waals surface area contributed by atoms with Gasteiger partial charge >= 0.3 is 0 Å². The molecule has 1 fully saturated rings. The van der Waals surface area contributed by atoms with Gasteiger partial charge in [0.1, 0.15) is 5.52 Å². The van der Waals surface area contributed by atoms with Crippen molar-refractivity contribution in [1.82, 2.24) is 25.1 Å². The summed E-state index contributed by atoms with van der Waals surface area (Å²) in [4.78, 5) is 4.62. The molecule has 0 spiro atoms. The van der Waals surface area contributed by atoms with Crippen LogP contribution >= 0.6 is 11.8 Å². The Balaban J connectivity index is 1.33. The van der Waals surface area contributed by atoms with Gasteiger partial charge in [-0.3, -0.25) is 0 Å². The average Bonchev–Trinajstić information content (AvgIpc) is 3.37. The SMILES string of the molecule is c1ccc2c(c1)nnn2Cc1ccc(-c2nc(C3CCCCS3)no2)cc1. The van der Waals surface area contributed by atoms with E-state index >= 15 is 0 Å². The van der Waals surface area contributed by atoms with E-state index in [4.69, 9.17) is 4.52 Å². The summed E-state index contributed by atoms with van der Waals surface area (Å²) in [7, 11) is 0. The summed E-state index contributed by atoms with van der Waals surface area (Å²) in [5.74, 6) is 2.60. The minimum Gasteiger partial charge on any atom is -0.334 e. The molecule has 0 aliphatic carbocycles. The fourth-order valence-corrected chi connectivity index (χ4v) is 4.62. The maximum atomic E-state index is 5.51. The highest BCUT2D eigenvalue weighted by atomic mass is 32.2. The molecular weight excluding hydrogens is 358 g/mol. The third-order valence-corrected chi connectivity index (χ3v) is 6.24. The number of benzene rings is 2. The first-order valence-corrected chi connectivity index (χ1v) is 10.2. The highest BCUT2D eigenvalue weighted by Gasteiger charge is 2.21. The van der Waals surface area contributed by atoms with Crippen molar-refractivity contribution in [3.8, 4) is 11.5 Å². The van der Waals surface area contributed by atoms with Crippen LogP contribution in [0.4, 0.5) is 0 Å². The number of rotatable bonds is 4. The van der Waals surface area contributed by atoms with Gasteiger partial charge in [0.2, 0.25) is 0 Å². The van der Waals surface area contributed by atoms with E-state index in [9.17, 15) is 0 Å². The van der Waals surface area contributed by atoms with Crippen molar-refractivity contribution in [3.63, 3.8) is 0 Å². The molecule has 1 atom stereocenters. The Kier molecular flexibility index (Phi) is 4.37. The minimum atomic E-state index is 0.371. The smallest absolute Gasteiger partial charge is 0.257 e. The van der Waals surface area contributed by atoms with Gasteiger partial charge in [0, 0.05) is 5.56 Å². The Morgan fingerprint density at radius 1 is 1.07 bits per heavy atom. The molecule has 0 N–H and O–H groups in total. The molecule has 1 aliphatic heterocycles. The molecule has 136 valence electrons. The van der Waals surface area contributed by atoms with Crippen molar-refractivity contribution in [2.45, 2.75) is 31.1 Å². The zero-order valence-corrected chi connectivity index (χ0v) is 15.6. The van der Waals surface area contributed by atoms with Crippen LogP contribution in [0.15, 0.2) is 53.1 Å². The van der Waals surface area contributed by atoms with E-state index in [2.05, 4.69) is 32.6 Å². The van der Waals surface area contributed by atoms with Crippen molar-refractivity contribution < 1.29 is 4.52 Å². The topological polar surface area (TPSA) is 69.6 Å². The molecular formula is C20H19N5OS. The normalized spacial score (nSPS) is 17.4. The number of aromatic nitrogens is 5. The summed E-state index contributed by atoms with van der Waals surface area (Å²) in [6, 6.07) is 16.2. The highest BCUT2D eigenvalue weighted by Crippen LogP contribution is 2.37. The van der Waals surface area contributed by atoms with E-state index < -0.39 is 0 Å². The van der Waals surface area contributed by atoms with Crippen molar-refractivity contribution >= 4 is 22.8 Å². The number of hydrogen-bond acceptors (Lipinski definition) is 6. The van der Waals surface area contributed by atoms with Gasteiger partial charge in [-0.25, -0.2) is 4.68 Å². The fraction of sp³-hybridized carbons (Fsp3) is 0.300. The lowest BCUT2D eigenvalue weighted by molar-refractivity contribution is 0.420. The van der Waals surface area contributed by atoms with Crippen LogP contribution in [0.25, 0.3) is 22.5 Å². The quantitative estimate of drug-likeness (QED) is 0.522. The molecule has 4 aromatic rings. The van der Waals surface area contributed by atoms with Crippen LogP contribution in [0.1, 0.15) is 35.9 Å². The van der Waals surface area contributed by atoms with Crippen LogP contribution in [0, 0.1) is 0 Å². The number of nitrogens with zero attached hydrogens (tertiary/aromatic N) is 5. The predicted octanol–water partition coefficient (Wildman–Crippen LogP) is 4.49. The predicted molar refractivity (Wildman–Crippen MR) is 105 cm³/mol. The van der Waals surface area contributed by atoms with E-state index in [1.165, 1.54) is 18.6 Å². The average molecular weight is 377 g/mol. The van der Waals surface area contributed by atoms with Crippen LogP contribution in [-0.4, -0.2) is 30.9 Å². The summed E-state index contributed by atoms with van der Waals surface area (Å²) >= 11 is 1.93. The van der Waals surface area contributed by atoms with Gasteiger partial charge in [-0.2, -0.15) is 16.7 Å². The first-order chi connectivity index (χ1) is 13.4. The molecule has 7 heteroatoms. The van der Waals surface area contributed by atoms with E-state index in [-0.39, 0.29) is 0 Å². The Bertz CT molecular complexity index is 1050. The Morgan fingerprint density at radius 3 is 2.81 bits per heavy atom. The molecule has 1 aliphatic rings. The van der Waals surface area contributed by atoms with Crippen LogP contribution in [0.2, 0.25) is 0 Å². The second-order valence-corrected chi connectivity index (χ2v) is 8.06. The molecule has 0 bridgehead atoms. The monoisotopic (exact) mass is 377 g/mol. The van der Waals surface area contributed by atoms with Crippen LogP contribution in [0.3, 0.4) is 0 Å². The summed E-state index contributed by atoms with van der Waals surface area (Å²) in [6.07, 6.45) is 3.66. The highest BCUT2D eigenvalue weighted by molar-refractivity contribution is 7.99. The van der Waals surface area contributed by atoms with Gasteiger partial charge in [-0.05, 0) is 48.4 Å². The first kappa shape index (κ1) is 16.5. The van der Waals surface area contributed by atoms with Gasteiger partial charge in [0.25, 0.3) is 5.89 Å². The number of para-hydroxylation sites is 1. The van der Waals surface area contributed by atoms with Crippen molar-refractivity contribution in [3.05, 3.63) is 59.9 Å². The summed E-state index contributed by atoms with van der Waals surface area (Å²) < 4.78 is 7.42. The first-order valence-electron chi connectivity index (χ1n) is 9.19. The van der Waals surface area contributed by atoms with Gasteiger partial charge in [-0.1, -0.05) is 41.1 Å². The van der Waals surface area contributed by atoms with Crippen LogP contribution in [-0.2, 0) is 6.54 Å². The lowest BCUT2D eigenvalue weighted by Crippen LogP contribution is -2.03. The fourth-order valence-electron chi connectivity index (χ4n) is 3.39. The number of fused-ring (bicyclic) bond motifs is 1. The van der Waals surface area contributed by atoms with Crippen molar-refractivity contribution in [2.24, 2.45) is 0 Å². The van der Waals surface area contributed by atoms with E-state index in [0.717, 1.165) is 34.4 Å². The van der Waals surface area contributed by atoms with Gasteiger partial charge < -0.3 is 4.52 Å². The van der Waals surface area contributed by atoms with Crippen molar-refractivity contribution in [2.75, 3.05) is 5.75 Å². The number of thioether (sulfide) groups is 1. The molecule has 5 rings (SSSR count). The van der Waals surface area contributed by atoms with Gasteiger partial charge in [0.15, 0.2) is 5.82 Å². The summed E-state index contributed by atoms with van der Waals surface area (Å²) in [5, 5.41) is 13.0. The standard InChI is InChI=1S/C20H19N5OS/c1-2-6-17-16(5-1)22-24-25(17)13-14-8-10-15(11-9-14)20-21-19(23-26-20)18-7-3-4-12-27-18/h1-2,5-6,8-11,18H,3-4,7,12-13H2. The lowest BCUT2D eigenvalue weighted by atomic mass is 10.1. The maximum absolute atomic E-state index is 5.51. The Labute approximate surface area is 161 Å². The van der Waals surface area contributed by atoms with Crippen LogP contribution in [0.5, 0.6) is 0 Å². The van der Waals surface area contributed by atoms with E-state index in [1.54, 1.807) is 0 Å². The number of hydrogen-bond donors (Lipinski definition) is 0. The molecule has 3 heterocycles. The molecule has 2 aromatic heterocycles. The Morgan fingerprint density at radius 2 is 1.96 bits per heavy atom. The van der Waals surface area contributed by atoms with E-state index in [1.807, 2.05) is 52.8 Å². The zero-order chi connectivity index (χ0) is 18.1. The maximum Gasteiger partial charge on any atom is 0.257 e. The second-order valence-electron chi connectivity index (χ2n) is 6.75. The largest absolute Gasteiger partial charge is 0.334 e. The van der Waals surface area contributed by atoms with Crippen LogP contribution < -0.4 is 0 Å². The molecule has 1 saturated heterocycles. The van der Waals surface area contributed by atoms with Crippen molar-refractivity contribution in [1.29, 1.82) is 0 Å². The Hall–Kier alpha value is -2.67. The summed E-state index contributed by atoms with van der Waals surface area (Å²) in [5.41, 5.74) is 4.04. The van der Waals surface area contributed by atoms with E-state index in [0.29, 0.717) is 17.7 Å². The zero-order valence-electron chi connectivity index (χ0n) is 14.8.